The van der Waals surface area contributed by atoms with Crippen LogP contribution in [0.25, 0.3) is 38.6 Å². The Morgan fingerprint density at radius 3 is 2.22 bits per heavy atom. The van der Waals surface area contributed by atoms with Crippen molar-refractivity contribution in [1.29, 1.82) is 0 Å². The van der Waals surface area contributed by atoms with Crippen LogP contribution >= 0.6 is 0 Å². The van der Waals surface area contributed by atoms with E-state index in [0.29, 0.717) is 0 Å². The number of para-hydroxylation sites is 4. The van der Waals surface area contributed by atoms with Gasteiger partial charge in [-0.05, 0) is 66.1 Å². The molecule has 0 amide bonds. The third kappa shape index (κ3) is 3.74. The van der Waals surface area contributed by atoms with Crippen LogP contribution in [-0.4, -0.2) is 0 Å². The van der Waals surface area contributed by atoms with Crippen LogP contribution in [0.3, 0.4) is 0 Å². The number of ether oxygens (including phenoxy) is 2. The molecule has 1 aromatic heterocycles. The first kappa shape index (κ1) is 25.3. The van der Waals surface area contributed by atoms with Gasteiger partial charge in [-0.2, -0.15) is 0 Å². The molecule has 0 fully saturated rings. The van der Waals surface area contributed by atoms with Crippen molar-refractivity contribution >= 4 is 44.6 Å². The van der Waals surface area contributed by atoms with E-state index >= 15 is 0 Å². The summed E-state index contributed by atoms with van der Waals surface area (Å²) in [6.45, 7) is 0. The average molecular weight is 594 g/mol. The van der Waals surface area contributed by atoms with Gasteiger partial charge in [0.15, 0.2) is 11.5 Å². The number of hydrogen-bond donors (Lipinski definition) is 0. The van der Waals surface area contributed by atoms with Gasteiger partial charge >= 0.3 is 0 Å². The van der Waals surface area contributed by atoms with Crippen molar-refractivity contribution in [3.8, 4) is 28.4 Å². The molecule has 7 aromatic rings. The molecule has 2 aliphatic heterocycles. The van der Waals surface area contributed by atoms with Gasteiger partial charge in [0.2, 0.25) is 0 Å². The number of anilines is 3. The van der Waals surface area contributed by atoms with Crippen LogP contribution in [-0.2, 0) is 0 Å². The number of allylic oxidation sites excluding steroid dienone is 4. The van der Waals surface area contributed by atoms with Crippen molar-refractivity contribution in [2.75, 3.05) is 4.90 Å². The molecule has 4 heteroatoms. The molecule has 0 spiro atoms. The first-order valence-electron chi connectivity index (χ1n) is 15.7. The van der Waals surface area contributed by atoms with Crippen molar-refractivity contribution in [1.82, 2.24) is 0 Å². The highest BCUT2D eigenvalue weighted by molar-refractivity contribution is 6.09. The lowest BCUT2D eigenvalue weighted by Crippen LogP contribution is -2.16. The maximum Gasteiger partial charge on any atom is 0.151 e. The molecule has 46 heavy (non-hydrogen) atoms. The van der Waals surface area contributed by atoms with E-state index in [0.717, 1.165) is 90.7 Å². The van der Waals surface area contributed by atoms with Crippen LogP contribution in [0.4, 0.5) is 17.1 Å². The minimum absolute atomic E-state index is 0.234. The van der Waals surface area contributed by atoms with Crippen LogP contribution in [0.5, 0.6) is 17.2 Å². The van der Waals surface area contributed by atoms with Crippen LogP contribution in [0.1, 0.15) is 23.5 Å². The summed E-state index contributed by atoms with van der Waals surface area (Å²) in [5, 5.41) is 2.23. The Labute approximate surface area is 266 Å². The second-order valence-corrected chi connectivity index (χ2v) is 12.0. The zero-order chi connectivity index (χ0) is 30.2. The van der Waals surface area contributed by atoms with Gasteiger partial charge in [-0.1, -0.05) is 97.1 Å². The molecule has 0 N–H and O–H groups in total. The monoisotopic (exact) mass is 593 g/mol. The van der Waals surface area contributed by atoms with Gasteiger partial charge in [-0.25, -0.2) is 0 Å². The highest BCUT2D eigenvalue weighted by Gasteiger charge is 2.34. The second-order valence-electron chi connectivity index (χ2n) is 12.0. The fourth-order valence-electron chi connectivity index (χ4n) is 7.28. The quantitative estimate of drug-likeness (QED) is 0.204. The summed E-state index contributed by atoms with van der Waals surface area (Å²) >= 11 is 0. The molecule has 0 bridgehead atoms. The normalized spacial score (nSPS) is 16.1. The lowest BCUT2D eigenvalue weighted by molar-refractivity contribution is 0.429. The maximum absolute atomic E-state index is 6.60. The molecule has 4 nitrogen and oxygen atoms in total. The Kier molecular flexibility index (Phi) is 5.37. The van der Waals surface area contributed by atoms with Gasteiger partial charge in [0.1, 0.15) is 22.7 Å². The van der Waals surface area contributed by atoms with Crippen molar-refractivity contribution in [3.05, 3.63) is 162 Å². The number of furan rings is 1. The molecule has 0 radical (unpaired) electrons. The number of rotatable bonds is 3. The van der Waals surface area contributed by atoms with Crippen LogP contribution in [0, 0.1) is 0 Å². The number of hydrogen-bond acceptors (Lipinski definition) is 4. The Balaban J connectivity index is 1.14. The lowest BCUT2D eigenvalue weighted by Gasteiger charge is -2.34. The molecule has 218 valence electrons. The summed E-state index contributed by atoms with van der Waals surface area (Å²) < 4.78 is 19.5. The topological polar surface area (TPSA) is 34.8 Å². The highest BCUT2D eigenvalue weighted by Crippen LogP contribution is 2.54. The summed E-state index contributed by atoms with van der Waals surface area (Å²) in [4.78, 5) is 2.31. The predicted octanol–water partition coefficient (Wildman–Crippen LogP) is 11.7. The zero-order valence-corrected chi connectivity index (χ0v) is 24.8. The molecule has 1 aliphatic carbocycles. The van der Waals surface area contributed by atoms with E-state index in [4.69, 9.17) is 13.9 Å². The Morgan fingerprint density at radius 2 is 1.33 bits per heavy atom. The molecule has 3 heterocycles. The molecule has 6 aromatic carbocycles. The highest BCUT2D eigenvalue weighted by atomic mass is 16.5. The first-order chi connectivity index (χ1) is 22.8. The summed E-state index contributed by atoms with van der Waals surface area (Å²) in [5.41, 5.74) is 10.4. The van der Waals surface area contributed by atoms with E-state index in [1.807, 2.05) is 18.2 Å². The van der Waals surface area contributed by atoms with Crippen molar-refractivity contribution in [2.24, 2.45) is 0 Å². The summed E-state index contributed by atoms with van der Waals surface area (Å²) in [6, 6.07) is 46.3. The summed E-state index contributed by atoms with van der Waals surface area (Å²) in [7, 11) is 0. The van der Waals surface area contributed by atoms with Gasteiger partial charge in [-0.3, -0.25) is 0 Å². The Hall–Kier alpha value is -6.00. The predicted molar refractivity (Wildman–Crippen MR) is 184 cm³/mol. The van der Waals surface area contributed by atoms with E-state index < -0.39 is 0 Å². The lowest BCUT2D eigenvalue weighted by atomic mass is 9.87. The first-order valence-corrected chi connectivity index (χ1v) is 15.7. The van der Waals surface area contributed by atoms with E-state index in [1.54, 1.807) is 0 Å². The van der Waals surface area contributed by atoms with Gasteiger partial charge in [0, 0.05) is 39.1 Å². The fraction of sp³-hybridized carbons (Fsp3) is 0.0476. The Morgan fingerprint density at radius 1 is 0.587 bits per heavy atom. The summed E-state index contributed by atoms with van der Waals surface area (Å²) in [5.74, 6) is 3.83. The molecule has 10 rings (SSSR count). The molecular formula is C42H27NO3. The van der Waals surface area contributed by atoms with Gasteiger partial charge in [0.05, 0.1) is 11.4 Å². The average Bonchev–Trinajstić information content (AvgIpc) is 3.69. The van der Waals surface area contributed by atoms with Gasteiger partial charge in [0.25, 0.3) is 0 Å². The minimum Gasteiger partial charge on any atom is -0.460 e. The van der Waals surface area contributed by atoms with Crippen LogP contribution in [0.2, 0.25) is 0 Å². The third-order valence-corrected chi connectivity index (χ3v) is 9.41. The summed E-state index contributed by atoms with van der Waals surface area (Å²) in [6.07, 6.45) is 5.41. The number of fused-ring (bicyclic) bond motifs is 8. The van der Waals surface area contributed by atoms with E-state index in [1.165, 1.54) is 5.56 Å². The van der Waals surface area contributed by atoms with E-state index in [-0.39, 0.29) is 5.92 Å². The molecule has 0 saturated heterocycles. The smallest absolute Gasteiger partial charge is 0.151 e. The standard InChI is InChI=1S/C42H27NO3/c1-2-10-28(11-3-1)43-35-24-26(29-14-8-16-33-31-12-4-6-18-37(31)45-41(29)33)20-22-39(35)44-40-23-21-27(25-36(40)43)30-15-9-17-34-32-13-5-7-19-38(32)46-42(30)34/h1-16,18-25,34H,17H2. The maximum atomic E-state index is 6.60. The fourth-order valence-corrected chi connectivity index (χ4v) is 7.28. The number of benzene rings is 6. The van der Waals surface area contributed by atoms with Gasteiger partial charge in [-0.15, -0.1) is 0 Å². The van der Waals surface area contributed by atoms with E-state index in [9.17, 15) is 0 Å². The largest absolute Gasteiger partial charge is 0.460 e. The SMILES string of the molecule is C1=CC(c2ccc3c(c2)N(c2ccccc2)c2cc(-c4cccc5c4oc4ccccc45)ccc2O3)=C2Oc3ccccc3C2C1. The zero-order valence-electron chi connectivity index (χ0n) is 24.8. The van der Waals surface area contributed by atoms with Crippen LogP contribution < -0.4 is 14.4 Å². The Bertz CT molecular complexity index is 2420. The molecule has 3 aliphatic rings. The van der Waals surface area contributed by atoms with E-state index in [2.05, 4.69) is 132 Å². The third-order valence-electron chi connectivity index (χ3n) is 9.41. The molecule has 1 atom stereocenters. The number of nitrogens with zero attached hydrogens (tertiary/aromatic N) is 1. The minimum atomic E-state index is 0.234. The van der Waals surface area contributed by atoms with Gasteiger partial charge < -0.3 is 18.8 Å². The van der Waals surface area contributed by atoms with Crippen molar-refractivity contribution in [3.63, 3.8) is 0 Å². The molecule has 1 unspecified atom stereocenters. The second kappa shape index (κ2) is 9.75. The van der Waals surface area contributed by atoms with Crippen LogP contribution in [0.15, 0.2) is 156 Å². The molecule has 0 saturated carbocycles. The van der Waals surface area contributed by atoms with Crippen molar-refractivity contribution in [2.45, 2.75) is 12.3 Å². The van der Waals surface area contributed by atoms with Crippen molar-refractivity contribution < 1.29 is 13.9 Å². The molecular weight excluding hydrogens is 566 g/mol.